The summed E-state index contributed by atoms with van der Waals surface area (Å²) in [5, 5.41) is 26.0. The molecular weight excluding hydrogens is 898 g/mol. The largest absolute Gasteiger partial charge is 0.350 e. The third kappa shape index (κ3) is 10.2. The van der Waals surface area contributed by atoms with Crippen LogP contribution in [0.25, 0.3) is 56.1 Å². The molecule has 0 radical (unpaired) electrons. The van der Waals surface area contributed by atoms with Crippen molar-refractivity contribution in [1.82, 2.24) is 54.4 Å². The van der Waals surface area contributed by atoms with Crippen LogP contribution >= 0.6 is 58.0 Å². The van der Waals surface area contributed by atoms with E-state index in [9.17, 15) is 0 Å². The molecule has 1 aliphatic heterocycles. The predicted octanol–water partition coefficient (Wildman–Crippen LogP) is 12.5. The average Bonchev–Trinajstić information content (AvgIpc) is 3.99. The molecule has 8 aromatic rings. The van der Waals surface area contributed by atoms with Crippen LogP contribution in [0.2, 0.25) is 25.4 Å². The summed E-state index contributed by atoms with van der Waals surface area (Å²) in [4.78, 5) is 17.8. The van der Waals surface area contributed by atoms with Gasteiger partial charge in [-0.05, 0) is 122 Å². The third-order valence-electron chi connectivity index (χ3n) is 11.5. The molecule has 6 aromatic heterocycles. The second-order valence-electron chi connectivity index (χ2n) is 16.7. The number of pyridine rings is 2. The lowest BCUT2D eigenvalue weighted by Gasteiger charge is -2.35. The Morgan fingerprint density at radius 2 is 1.05 bits per heavy atom. The number of hydrogen-bond donors (Lipinski definition) is 2. The Labute approximate surface area is 390 Å². The van der Waals surface area contributed by atoms with Crippen molar-refractivity contribution < 1.29 is 0 Å². The minimum atomic E-state index is -0.0734. The number of anilines is 1. The van der Waals surface area contributed by atoms with E-state index in [1.54, 1.807) is 53.7 Å². The molecule has 2 aliphatic rings. The van der Waals surface area contributed by atoms with Crippen LogP contribution < -0.4 is 10.6 Å². The number of benzene rings is 2. The summed E-state index contributed by atoms with van der Waals surface area (Å²) >= 11 is 31.0. The molecule has 17 heteroatoms. The van der Waals surface area contributed by atoms with Crippen molar-refractivity contribution in [3.63, 3.8) is 0 Å². The second kappa shape index (κ2) is 19.4. The molecular formula is C46H45Cl5N12. The number of rotatable bonds is 6. The fraction of sp³-hybridized carbons (Fsp3) is 0.304. The minimum absolute atomic E-state index is 0.0734. The number of nitrogens with zero attached hydrogens (tertiary/aromatic N) is 10. The zero-order valence-electron chi connectivity index (χ0n) is 35.0. The molecule has 63 heavy (non-hydrogen) atoms. The summed E-state index contributed by atoms with van der Waals surface area (Å²) in [6.07, 6.45) is 19.4. The maximum absolute atomic E-state index is 6.34. The van der Waals surface area contributed by atoms with E-state index < -0.39 is 0 Å². The maximum atomic E-state index is 6.34. The highest BCUT2D eigenvalue weighted by molar-refractivity contribution is 6.42. The number of aromatic nitrogens is 10. The molecule has 2 N–H and O–H groups in total. The van der Waals surface area contributed by atoms with Gasteiger partial charge in [-0.3, -0.25) is 18.8 Å². The fourth-order valence-electron chi connectivity index (χ4n) is 7.97. The first-order chi connectivity index (χ1) is 30.4. The van der Waals surface area contributed by atoms with E-state index in [4.69, 9.17) is 63.0 Å². The monoisotopic (exact) mass is 940 g/mol. The van der Waals surface area contributed by atoms with Crippen molar-refractivity contribution in [3.05, 3.63) is 123 Å². The second-order valence-corrected chi connectivity index (χ2v) is 18.7. The molecule has 10 rings (SSSR count). The number of halogens is 5. The SMILES string of the molecule is CC1(C)CCCCC1.CC1(Nc2nc(-c3ccncc3)c(-c3ccc(Cl)c(Cl)c3)c3nncn23)CCNCC1.Clc1ccc(-c2c(-c3ccncc3)nc(Cl)n3cnnc23)cc1Cl. The molecule has 0 atom stereocenters. The lowest BCUT2D eigenvalue weighted by molar-refractivity contribution is 0.244. The smallest absolute Gasteiger partial charge is 0.211 e. The fourth-order valence-corrected chi connectivity index (χ4v) is 8.78. The molecule has 2 aromatic carbocycles. The first-order valence-corrected chi connectivity index (χ1v) is 22.6. The van der Waals surface area contributed by atoms with Gasteiger partial charge in [0, 0.05) is 41.5 Å². The van der Waals surface area contributed by atoms with Crippen molar-refractivity contribution in [2.24, 2.45) is 5.41 Å². The maximum Gasteiger partial charge on any atom is 0.211 e. The van der Waals surface area contributed by atoms with Crippen LogP contribution in [0.1, 0.15) is 65.7 Å². The van der Waals surface area contributed by atoms with Crippen molar-refractivity contribution in [2.75, 3.05) is 18.4 Å². The molecule has 12 nitrogen and oxygen atoms in total. The van der Waals surface area contributed by atoms with E-state index in [0.29, 0.717) is 48.4 Å². The summed E-state index contributed by atoms with van der Waals surface area (Å²) in [6.45, 7) is 8.92. The van der Waals surface area contributed by atoms with Gasteiger partial charge >= 0.3 is 0 Å². The van der Waals surface area contributed by atoms with Gasteiger partial charge in [0.05, 0.1) is 42.6 Å². The van der Waals surface area contributed by atoms with Gasteiger partial charge in [-0.15, -0.1) is 20.4 Å². The van der Waals surface area contributed by atoms with E-state index in [1.807, 2.05) is 46.9 Å². The van der Waals surface area contributed by atoms with Crippen LogP contribution in [0.15, 0.2) is 98.1 Å². The van der Waals surface area contributed by atoms with Gasteiger partial charge in [0.15, 0.2) is 11.3 Å². The van der Waals surface area contributed by atoms with Gasteiger partial charge in [0.25, 0.3) is 0 Å². The normalized spacial score (nSPS) is 15.6. The van der Waals surface area contributed by atoms with E-state index in [1.165, 1.54) is 38.4 Å². The van der Waals surface area contributed by atoms with Crippen LogP contribution in [0, 0.1) is 5.41 Å². The van der Waals surface area contributed by atoms with Gasteiger partial charge in [-0.25, -0.2) is 9.97 Å². The van der Waals surface area contributed by atoms with Crippen molar-refractivity contribution in [1.29, 1.82) is 0 Å². The van der Waals surface area contributed by atoms with Gasteiger partial charge < -0.3 is 10.6 Å². The van der Waals surface area contributed by atoms with Gasteiger partial charge in [-0.2, -0.15) is 0 Å². The van der Waals surface area contributed by atoms with E-state index in [0.717, 1.165) is 65.0 Å². The standard InChI is InChI=1S/C22H21Cl2N7.C16H8Cl3N5.C8H16/c1-22(6-10-26-11-7-22)29-21-28-19(14-4-8-25-9-5-14)18(20-30-27-13-31(20)21)15-2-3-16(23)17(24)12-15;17-11-2-1-10(7-12(11)18)13-14(9-3-5-20-6-4-9)22-16(19)24-8-21-23-15(13)24;1-8(2)6-4-3-5-7-8/h2-5,8-9,12-13,26H,6-7,10-11H2,1H3,(H,28,29);1-8H;3-7H2,1-2H3. The van der Waals surface area contributed by atoms with E-state index in [-0.39, 0.29) is 10.8 Å². The molecule has 1 saturated heterocycles. The number of piperidine rings is 1. The molecule has 0 unspecified atom stereocenters. The average molecular weight is 943 g/mol. The van der Waals surface area contributed by atoms with Gasteiger partial charge in [0.2, 0.25) is 11.2 Å². The Hall–Kier alpha value is -4.95. The first-order valence-electron chi connectivity index (χ1n) is 20.7. The summed E-state index contributed by atoms with van der Waals surface area (Å²) in [5.41, 5.74) is 8.41. The van der Waals surface area contributed by atoms with Crippen molar-refractivity contribution >= 4 is 75.2 Å². The quantitative estimate of drug-likeness (QED) is 0.155. The molecule has 1 aliphatic carbocycles. The first kappa shape index (κ1) is 44.6. The van der Waals surface area contributed by atoms with Crippen molar-refractivity contribution in [3.8, 4) is 44.8 Å². The van der Waals surface area contributed by atoms with Crippen molar-refractivity contribution in [2.45, 2.75) is 71.3 Å². The summed E-state index contributed by atoms with van der Waals surface area (Å²) in [5.74, 6) is 0.708. The molecule has 0 bridgehead atoms. The summed E-state index contributed by atoms with van der Waals surface area (Å²) in [6, 6.07) is 18.5. The van der Waals surface area contributed by atoms with E-state index >= 15 is 0 Å². The highest BCUT2D eigenvalue weighted by atomic mass is 35.5. The van der Waals surface area contributed by atoms with Crippen LogP contribution in [0.3, 0.4) is 0 Å². The molecule has 2 fully saturated rings. The van der Waals surface area contributed by atoms with Gasteiger partial charge in [0.1, 0.15) is 12.7 Å². The third-order valence-corrected chi connectivity index (χ3v) is 13.3. The topological polar surface area (TPSA) is 136 Å². The van der Waals surface area contributed by atoms with Gasteiger partial charge in [-0.1, -0.05) is 91.6 Å². The Kier molecular flexibility index (Phi) is 13.8. The highest BCUT2D eigenvalue weighted by Crippen LogP contribution is 2.40. The lowest BCUT2D eigenvalue weighted by atomic mass is 9.78. The molecule has 324 valence electrons. The lowest BCUT2D eigenvalue weighted by Crippen LogP contribution is -2.45. The Bertz CT molecular complexity index is 2840. The predicted molar refractivity (Wildman–Crippen MR) is 255 cm³/mol. The minimum Gasteiger partial charge on any atom is -0.350 e. The highest BCUT2D eigenvalue weighted by Gasteiger charge is 2.29. The van der Waals surface area contributed by atoms with Crippen LogP contribution in [0.5, 0.6) is 0 Å². The molecule has 1 saturated carbocycles. The number of nitrogens with one attached hydrogen (secondary N) is 2. The summed E-state index contributed by atoms with van der Waals surface area (Å²) < 4.78 is 3.51. The summed E-state index contributed by atoms with van der Waals surface area (Å²) in [7, 11) is 0. The Morgan fingerprint density at radius 1 is 0.556 bits per heavy atom. The number of fused-ring (bicyclic) bond motifs is 2. The Morgan fingerprint density at radius 3 is 1.54 bits per heavy atom. The molecule has 0 amide bonds. The molecule has 7 heterocycles. The zero-order valence-corrected chi connectivity index (χ0v) is 38.7. The van der Waals surface area contributed by atoms with Crippen LogP contribution in [-0.4, -0.2) is 67.8 Å². The Balaban J connectivity index is 0.000000150. The van der Waals surface area contributed by atoms with Crippen LogP contribution in [-0.2, 0) is 0 Å². The number of hydrogen-bond acceptors (Lipinski definition) is 10. The molecule has 0 spiro atoms. The van der Waals surface area contributed by atoms with Crippen LogP contribution in [0.4, 0.5) is 5.95 Å². The van der Waals surface area contributed by atoms with E-state index in [2.05, 4.69) is 66.8 Å². The zero-order chi connectivity index (χ0) is 44.1.